The molecule has 0 aliphatic rings. The largest absolute Gasteiger partial charge is 0.497 e. The van der Waals surface area contributed by atoms with Gasteiger partial charge in [0.2, 0.25) is 5.91 Å². The third kappa shape index (κ3) is 3.81. The summed E-state index contributed by atoms with van der Waals surface area (Å²) in [5.74, 6) is 0.725. The zero-order chi connectivity index (χ0) is 16.2. The van der Waals surface area contributed by atoms with E-state index in [4.69, 9.17) is 16.3 Å². The molecule has 1 N–H and O–H groups in total. The fourth-order valence-electron chi connectivity index (χ4n) is 2.28. The molecule has 0 aliphatic heterocycles. The molecular weight excluding hydrogens is 314 g/mol. The maximum Gasteiger partial charge on any atom is 0.224 e. The number of hydrogen-bond donors (Lipinski definition) is 1. The molecule has 118 valence electrons. The Bertz CT molecular complexity index is 827. The van der Waals surface area contributed by atoms with Gasteiger partial charge in [-0.2, -0.15) is 0 Å². The molecule has 23 heavy (non-hydrogen) atoms. The molecule has 2 heterocycles. The van der Waals surface area contributed by atoms with Crippen LogP contribution >= 0.6 is 11.6 Å². The van der Waals surface area contributed by atoms with E-state index in [-0.39, 0.29) is 5.91 Å². The van der Waals surface area contributed by atoms with Crippen LogP contribution in [0.25, 0.3) is 5.65 Å². The fourth-order valence-corrected chi connectivity index (χ4v) is 2.43. The third-order valence-corrected chi connectivity index (χ3v) is 3.70. The first-order chi connectivity index (χ1) is 11.1. The number of carbonyl (C=O) groups is 1. The average Bonchev–Trinajstić information content (AvgIpc) is 2.95. The molecule has 0 bridgehead atoms. The van der Waals surface area contributed by atoms with Crippen molar-refractivity contribution in [2.24, 2.45) is 0 Å². The highest BCUT2D eigenvalue weighted by atomic mass is 35.5. The predicted molar refractivity (Wildman–Crippen MR) is 88.7 cm³/mol. The van der Waals surface area contributed by atoms with E-state index in [0.717, 1.165) is 22.7 Å². The number of carbonyl (C=O) groups excluding carboxylic acids is 1. The summed E-state index contributed by atoms with van der Waals surface area (Å²) in [5.41, 5.74) is 2.48. The quantitative estimate of drug-likeness (QED) is 0.783. The number of amides is 1. The van der Waals surface area contributed by atoms with E-state index in [1.807, 2.05) is 41.1 Å². The van der Waals surface area contributed by atoms with Crippen LogP contribution in [0.2, 0.25) is 5.02 Å². The lowest BCUT2D eigenvalue weighted by Crippen LogP contribution is -2.24. The Morgan fingerprint density at radius 3 is 2.83 bits per heavy atom. The Morgan fingerprint density at radius 2 is 2.09 bits per heavy atom. The lowest BCUT2D eigenvalue weighted by Gasteiger charge is -2.04. The first-order valence-electron chi connectivity index (χ1n) is 7.17. The van der Waals surface area contributed by atoms with Crippen LogP contribution in [0.3, 0.4) is 0 Å². The van der Waals surface area contributed by atoms with Crippen LogP contribution in [0.5, 0.6) is 5.75 Å². The smallest absolute Gasteiger partial charge is 0.224 e. The number of methoxy groups -OCH3 is 1. The van der Waals surface area contributed by atoms with Gasteiger partial charge in [-0.25, -0.2) is 4.98 Å². The minimum absolute atomic E-state index is 0.0507. The summed E-state index contributed by atoms with van der Waals surface area (Å²) < 4.78 is 6.97. The van der Waals surface area contributed by atoms with E-state index in [9.17, 15) is 4.79 Å². The van der Waals surface area contributed by atoms with Gasteiger partial charge < -0.3 is 14.5 Å². The molecule has 0 aliphatic carbocycles. The van der Waals surface area contributed by atoms with Crippen LogP contribution in [0, 0.1) is 0 Å². The van der Waals surface area contributed by atoms with E-state index in [1.54, 1.807) is 19.2 Å². The molecule has 1 aromatic carbocycles. The van der Waals surface area contributed by atoms with Crippen molar-refractivity contribution in [3.8, 4) is 5.75 Å². The van der Waals surface area contributed by atoms with Gasteiger partial charge in [-0.05, 0) is 29.8 Å². The number of fused-ring (bicyclic) bond motifs is 1. The SMILES string of the molecule is COc1ccc(CC(=O)NCc2cn3ccc(Cl)cc3n2)cc1. The number of aromatic nitrogens is 2. The minimum atomic E-state index is -0.0507. The Hall–Kier alpha value is -2.53. The second-order valence-corrected chi connectivity index (χ2v) is 5.58. The highest BCUT2D eigenvalue weighted by Crippen LogP contribution is 2.13. The summed E-state index contributed by atoms with van der Waals surface area (Å²) in [6, 6.07) is 11.0. The van der Waals surface area contributed by atoms with Crippen LogP contribution in [-0.2, 0) is 17.8 Å². The number of rotatable bonds is 5. The van der Waals surface area contributed by atoms with Crippen LogP contribution in [0.15, 0.2) is 48.8 Å². The van der Waals surface area contributed by atoms with Crippen molar-refractivity contribution in [3.05, 3.63) is 65.1 Å². The molecule has 5 nitrogen and oxygen atoms in total. The molecule has 0 unspecified atom stereocenters. The topological polar surface area (TPSA) is 55.6 Å². The number of nitrogens with zero attached hydrogens (tertiary/aromatic N) is 2. The standard InChI is InChI=1S/C17H16ClN3O2/c1-23-15-4-2-12(3-5-15)8-17(22)19-10-14-11-21-7-6-13(18)9-16(21)20-14/h2-7,9,11H,8,10H2,1H3,(H,19,22). The molecule has 0 spiro atoms. The third-order valence-electron chi connectivity index (χ3n) is 3.46. The van der Waals surface area contributed by atoms with Gasteiger partial charge in [-0.15, -0.1) is 0 Å². The van der Waals surface area contributed by atoms with Crippen molar-refractivity contribution in [1.29, 1.82) is 0 Å². The number of ether oxygens (including phenoxy) is 1. The van der Waals surface area contributed by atoms with Crippen molar-refractivity contribution in [2.75, 3.05) is 7.11 Å². The summed E-state index contributed by atoms with van der Waals surface area (Å²) >= 11 is 5.94. The molecular formula is C17H16ClN3O2. The number of pyridine rings is 1. The molecule has 2 aromatic heterocycles. The van der Waals surface area contributed by atoms with E-state index < -0.39 is 0 Å². The molecule has 0 radical (unpaired) electrons. The van der Waals surface area contributed by atoms with Gasteiger partial charge in [0.05, 0.1) is 25.8 Å². The molecule has 1 amide bonds. The van der Waals surface area contributed by atoms with Crippen molar-refractivity contribution < 1.29 is 9.53 Å². The summed E-state index contributed by atoms with van der Waals surface area (Å²) in [7, 11) is 1.61. The van der Waals surface area contributed by atoms with Crippen molar-refractivity contribution in [3.63, 3.8) is 0 Å². The summed E-state index contributed by atoms with van der Waals surface area (Å²) in [5, 5.41) is 3.51. The van der Waals surface area contributed by atoms with Gasteiger partial charge in [0, 0.05) is 17.4 Å². The second kappa shape index (κ2) is 6.71. The maximum absolute atomic E-state index is 12.0. The first kappa shape index (κ1) is 15.4. The zero-order valence-electron chi connectivity index (χ0n) is 12.6. The van der Waals surface area contributed by atoms with Crippen LogP contribution in [-0.4, -0.2) is 22.4 Å². The van der Waals surface area contributed by atoms with Crippen molar-refractivity contribution in [1.82, 2.24) is 14.7 Å². The Kier molecular flexibility index (Phi) is 4.48. The van der Waals surface area contributed by atoms with E-state index >= 15 is 0 Å². The molecule has 0 saturated heterocycles. The molecule has 6 heteroatoms. The molecule has 0 saturated carbocycles. The second-order valence-electron chi connectivity index (χ2n) is 5.14. The predicted octanol–water partition coefficient (Wildman–Crippen LogP) is 2.86. The Balaban J connectivity index is 1.58. The minimum Gasteiger partial charge on any atom is -0.497 e. The van der Waals surface area contributed by atoms with E-state index in [1.165, 1.54) is 0 Å². The van der Waals surface area contributed by atoms with Crippen molar-refractivity contribution in [2.45, 2.75) is 13.0 Å². The van der Waals surface area contributed by atoms with Crippen LogP contribution < -0.4 is 10.1 Å². The number of hydrogen-bond acceptors (Lipinski definition) is 3. The molecule has 3 aromatic rings. The van der Waals surface area contributed by atoms with E-state index in [0.29, 0.717) is 18.0 Å². The molecule has 0 atom stereocenters. The lowest BCUT2D eigenvalue weighted by atomic mass is 10.1. The highest BCUT2D eigenvalue weighted by molar-refractivity contribution is 6.30. The number of nitrogens with one attached hydrogen (secondary N) is 1. The summed E-state index contributed by atoms with van der Waals surface area (Å²) in [6.45, 7) is 0.383. The van der Waals surface area contributed by atoms with Crippen LogP contribution in [0.1, 0.15) is 11.3 Å². The number of halogens is 1. The molecule has 3 rings (SSSR count). The van der Waals surface area contributed by atoms with Crippen LogP contribution in [0.4, 0.5) is 0 Å². The normalized spacial score (nSPS) is 10.7. The number of benzene rings is 1. The lowest BCUT2D eigenvalue weighted by molar-refractivity contribution is -0.120. The Morgan fingerprint density at radius 1 is 1.30 bits per heavy atom. The summed E-state index contributed by atoms with van der Waals surface area (Å²) in [6.07, 6.45) is 4.04. The Labute approximate surface area is 138 Å². The van der Waals surface area contributed by atoms with Gasteiger partial charge in [-0.3, -0.25) is 4.79 Å². The number of imidazole rings is 1. The van der Waals surface area contributed by atoms with Gasteiger partial charge in [0.1, 0.15) is 11.4 Å². The first-order valence-corrected chi connectivity index (χ1v) is 7.54. The fraction of sp³-hybridized carbons (Fsp3) is 0.176. The van der Waals surface area contributed by atoms with Gasteiger partial charge in [0.25, 0.3) is 0 Å². The molecule has 0 fully saturated rings. The zero-order valence-corrected chi connectivity index (χ0v) is 13.4. The van der Waals surface area contributed by atoms with Gasteiger partial charge >= 0.3 is 0 Å². The van der Waals surface area contributed by atoms with E-state index in [2.05, 4.69) is 10.3 Å². The van der Waals surface area contributed by atoms with Crippen molar-refractivity contribution >= 4 is 23.2 Å². The highest BCUT2D eigenvalue weighted by Gasteiger charge is 2.06. The van der Waals surface area contributed by atoms with Gasteiger partial charge in [-0.1, -0.05) is 23.7 Å². The monoisotopic (exact) mass is 329 g/mol. The maximum atomic E-state index is 12.0. The summed E-state index contributed by atoms with van der Waals surface area (Å²) in [4.78, 5) is 16.4. The average molecular weight is 330 g/mol. The van der Waals surface area contributed by atoms with Gasteiger partial charge in [0.15, 0.2) is 0 Å².